The van der Waals surface area contributed by atoms with Gasteiger partial charge in [-0.15, -0.1) is 0 Å². The summed E-state index contributed by atoms with van der Waals surface area (Å²) in [6, 6.07) is 6.73. The molecule has 5 rings (SSSR count). The summed E-state index contributed by atoms with van der Waals surface area (Å²) in [5, 5.41) is 23.4. The van der Waals surface area contributed by atoms with Crippen molar-refractivity contribution in [2.75, 3.05) is 28.4 Å². The van der Waals surface area contributed by atoms with Crippen LogP contribution < -0.4 is 18.9 Å². The van der Waals surface area contributed by atoms with Crippen LogP contribution in [0.3, 0.4) is 0 Å². The SMILES string of the molecule is COc1cc(OC)c2[nH]cc(C3C(=O)C(O)C(c4c[nH]c5c(OC)cc(OC)cc45)C(=O)C3O)c2c1. The lowest BCUT2D eigenvalue weighted by atomic mass is 9.70. The van der Waals surface area contributed by atoms with E-state index in [2.05, 4.69) is 9.97 Å². The summed E-state index contributed by atoms with van der Waals surface area (Å²) in [5.41, 5.74) is 1.89. The molecule has 1 aliphatic carbocycles. The van der Waals surface area contributed by atoms with Crippen molar-refractivity contribution in [1.29, 1.82) is 0 Å². The molecular weight excluding hydrogens is 468 g/mol. The van der Waals surface area contributed by atoms with Gasteiger partial charge in [-0.25, -0.2) is 0 Å². The lowest BCUT2D eigenvalue weighted by Crippen LogP contribution is -2.51. The van der Waals surface area contributed by atoms with Gasteiger partial charge in [-0.3, -0.25) is 9.59 Å². The summed E-state index contributed by atoms with van der Waals surface area (Å²) in [6.45, 7) is 0. The highest BCUT2D eigenvalue weighted by Crippen LogP contribution is 2.44. The minimum atomic E-state index is -1.68. The molecule has 1 aliphatic rings. The van der Waals surface area contributed by atoms with Crippen LogP contribution in [0.15, 0.2) is 36.7 Å². The van der Waals surface area contributed by atoms with Gasteiger partial charge in [0, 0.05) is 35.3 Å². The van der Waals surface area contributed by atoms with Gasteiger partial charge in [-0.2, -0.15) is 0 Å². The largest absolute Gasteiger partial charge is 0.497 e. The fourth-order valence-electron chi connectivity index (χ4n) is 5.12. The van der Waals surface area contributed by atoms with Crippen LogP contribution in [0.2, 0.25) is 0 Å². The molecule has 2 aromatic carbocycles. The number of ketones is 2. The van der Waals surface area contributed by atoms with Gasteiger partial charge in [0.25, 0.3) is 0 Å². The summed E-state index contributed by atoms with van der Waals surface area (Å²) in [4.78, 5) is 33.1. The number of nitrogens with one attached hydrogen (secondary N) is 2. The Morgan fingerprint density at radius 2 is 1.03 bits per heavy atom. The molecule has 1 saturated carbocycles. The third kappa shape index (κ3) is 3.41. The van der Waals surface area contributed by atoms with Crippen LogP contribution in [0.25, 0.3) is 21.8 Å². The van der Waals surface area contributed by atoms with Crippen molar-refractivity contribution in [2.24, 2.45) is 0 Å². The van der Waals surface area contributed by atoms with E-state index in [4.69, 9.17) is 18.9 Å². The minimum absolute atomic E-state index is 0.368. The van der Waals surface area contributed by atoms with Crippen LogP contribution in [-0.2, 0) is 9.59 Å². The Bertz CT molecular complexity index is 1370. The van der Waals surface area contributed by atoms with Gasteiger partial charge in [-0.05, 0) is 23.3 Å². The second-order valence-electron chi connectivity index (χ2n) is 8.64. The van der Waals surface area contributed by atoms with E-state index in [0.29, 0.717) is 55.9 Å². The van der Waals surface area contributed by atoms with Gasteiger partial charge < -0.3 is 39.1 Å². The molecule has 2 heterocycles. The van der Waals surface area contributed by atoms with Crippen LogP contribution >= 0.6 is 0 Å². The maximum atomic E-state index is 13.5. The smallest absolute Gasteiger partial charge is 0.172 e. The summed E-state index contributed by atoms with van der Waals surface area (Å²) < 4.78 is 21.5. The molecule has 4 N–H and O–H groups in total. The zero-order valence-electron chi connectivity index (χ0n) is 20.1. The van der Waals surface area contributed by atoms with Crippen LogP contribution in [0.4, 0.5) is 0 Å². The number of fused-ring (bicyclic) bond motifs is 2. The summed E-state index contributed by atoms with van der Waals surface area (Å²) >= 11 is 0. The Morgan fingerprint density at radius 3 is 1.36 bits per heavy atom. The zero-order valence-corrected chi connectivity index (χ0v) is 20.1. The number of Topliss-reactive ketones (excluding diaryl/α,β-unsaturated/α-hetero) is 2. The number of carbonyl (C=O) groups is 2. The molecule has 4 atom stereocenters. The zero-order chi connectivity index (χ0) is 25.7. The summed E-state index contributed by atoms with van der Waals surface area (Å²) in [5.74, 6) is -1.99. The van der Waals surface area contributed by atoms with Gasteiger partial charge in [-0.1, -0.05) is 0 Å². The number of carbonyl (C=O) groups excluding carboxylic acids is 2. The van der Waals surface area contributed by atoms with Crippen molar-refractivity contribution in [2.45, 2.75) is 24.0 Å². The van der Waals surface area contributed by atoms with Crippen molar-refractivity contribution >= 4 is 33.4 Å². The first-order valence-electron chi connectivity index (χ1n) is 11.2. The molecule has 2 aromatic heterocycles. The number of H-pyrrole nitrogens is 2. The highest BCUT2D eigenvalue weighted by atomic mass is 16.5. The molecule has 0 spiro atoms. The van der Waals surface area contributed by atoms with Crippen LogP contribution in [0.1, 0.15) is 23.0 Å². The Balaban J connectivity index is 1.60. The Kier molecular flexibility index (Phi) is 5.85. The number of benzene rings is 2. The van der Waals surface area contributed by atoms with Crippen LogP contribution in [0.5, 0.6) is 23.0 Å². The third-order valence-corrected chi connectivity index (χ3v) is 6.93. The number of rotatable bonds is 6. The molecule has 36 heavy (non-hydrogen) atoms. The molecule has 4 aromatic rings. The van der Waals surface area contributed by atoms with E-state index in [1.807, 2.05) is 0 Å². The number of aromatic nitrogens is 2. The monoisotopic (exact) mass is 494 g/mol. The molecular formula is C26H26N2O8. The lowest BCUT2D eigenvalue weighted by molar-refractivity contribution is -0.149. The van der Waals surface area contributed by atoms with Crippen LogP contribution in [0, 0.1) is 0 Å². The van der Waals surface area contributed by atoms with Gasteiger partial charge in [0.15, 0.2) is 11.6 Å². The Hall–Kier alpha value is -4.02. The molecule has 10 nitrogen and oxygen atoms in total. The van der Waals surface area contributed by atoms with Crippen molar-refractivity contribution in [3.05, 3.63) is 47.8 Å². The van der Waals surface area contributed by atoms with Gasteiger partial charge in [0.05, 0.1) is 51.3 Å². The first-order chi connectivity index (χ1) is 17.3. The van der Waals surface area contributed by atoms with Gasteiger partial charge in [0.1, 0.15) is 35.2 Å². The fourth-order valence-corrected chi connectivity index (χ4v) is 5.12. The first kappa shape index (κ1) is 23.7. The first-order valence-corrected chi connectivity index (χ1v) is 11.2. The van der Waals surface area contributed by atoms with Crippen molar-refractivity contribution < 1.29 is 38.7 Å². The Labute approximate surface area is 205 Å². The number of aliphatic hydroxyl groups is 2. The number of methoxy groups -OCH3 is 4. The van der Waals surface area contributed by atoms with E-state index < -0.39 is 35.6 Å². The predicted octanol–water partition coefficient (Wildman–Crippen LogP) is 2.42. The average molecular weight is 495 g/mol. The Morgan fingerprint density at radius 1 is 0.639 bits per heavy atom. The highest BCUT2D eigenvalue weighted by Gasteiger charge is 2.51. The number of aromatic amines is 2. The second kappa shape index (κ2) is 8.89. The van der Waals surface area contributed by atoms with E-state index in [1.165, 1.54) is 28.4 Å². The van der Waals surface area contributed by atoms with E-state index >= 15 is 0 Å². The summed E-state index contributed by atoms with van der Waals surface area (Å²) in [6.07, 6.45) is -0.278. The van der Waals surface area contributed by atoms with Gasteiger partial charge in [0.2, 0.25) is 0 Å². The maximum Gasteiger partial charge on any atom is 0.172 e. The molecule has 10 heteroatoms. The van der Waals surface area contributed by atoms with Gasteiger partial charge >= 0.3 is 0 Å². The van der Waals surface area contributed by atoms with E-state index in [1.54, 1.807) is 36.7 Å². The van der Waals surface area contributed by atoms with E-state index in [0.717, 1.165) is 0 Å². The van der Waals surface area contributed by atoms with Crippen molar-refractivity contribution in [3.8, 4) is 23.0 Å². The lowest BCUT2D eigenvalue weighted by Gasteiger charge is -2.34. The number of aliphatic hydroxyl groups excluding tert-OH is 2. The standard InChI is InChI=1S/C26H26N2O8/c1-33-11-5-13-15(9-27-21(13)17(7-11)35-3)19-23(29)25(31)20(26(32)24(19)30)16-10-28-22-14(16)6-12(34-2)8-18(22)36-4/h5-10,19-20,23,26-29,32H,1-4H3. The molecule has 0 amide bonds. The molecule has 1 fully saturated rings. The molecule has 0 bridgehead atoms. The minimum Gasteiger partial charge on any atom is -0.497 e. The van der Waals surface area contributed by atoms with E-state index in [-0.39, 0.29) is 0 Å². The van der Waals surface area contributed by atoms with Crippen molar-refractivity contribution in [1.82, 2.24) is 9.97 Å². The summed E-state index contributed by atoms with van der Waals surface area (Å²) in [7, 11) is 5.99. The molecule has 0 radical (unpaired) electrons. The molecule has 0 saturated heterocycles. The number of hydrogen-bond acceptors (Lipinski definition) is 8. The molecule has 188 valence electrons. The maximum absolute atomic E-state index is 13.5. The molecule has 0 aliphatic heterocycles. The fraction of sp³-hybridized carbons (Fsp3) is 0.308. The quantitative estimate of drug-likeness (QED) is 0.320. The van der Waals surface area contributed by atoms with Crippen molar-refractivity contribution in [3.63, 3.8) is 0 Å². The van der Waals surface area contributed by atoms with Crippen LogP contribution in [-0.4, -0.2) is 72.4 Å². The molecule has 4 unspecified atom stereocenters. The third-order valence-electron chi connectivity index (χ3n) is 6.93. The number of hydrogen-bond donors (Lipinski definition) is 4. The highest BCUT2D eigenvalue weighted by molar-refractivity contribution is 6.10. The second-order valence-corrected chi connectivity index (χ2v) is 8.64. The normalized spacial score (nSPS) is 22.3. The predicted molar refractivity (Wildman–Crippen MR) is 130 cm³/mol. The number of ether oxygens (including phenoxy) is 4. The topological polar surface area (TPSA) is 143 Å². The average Bonchev–Trinajstić information content (AvgIpc) is 3.51. The van der Waals surface area contributed by atoms with E-state index in [9.17, 15) is 19.8 Å².